The molecule has 20 heavy (non-hydrogen) atoms. The van der Waals surface area contributed by atoms with Gasteiger partial charge in [0.25, 0.3) is 0 Å². The van der Waals surface area contributed by atoms with Crippen molar-refractivity contribution in [3.63, 3.8) is 0 Å². The first-order valence-electron chi connectivity index (χ1n) is 6.29. The highest BCUT2D eigenvalue weighted by Crippen LogP contribution is 2.29. The fraction of sp³-hybridized carbons (Fsp3) is 0. The van der Waals surface area contributed by atoms with E-state index in [4.69, 9.17) is 0 Å². The van der Waals surface area contributed by atoms with E-state index in [1.54, 1.807) is 18.3 Å². The van der Waals surface area contributed by atoms with Gasteiger partial charge >= 0.3 is 0 Å². The zero-order chi connectivity index (χ0) is 13.7. The van der Waals surface area contributed by atoms with E-state index >= 15 is 0 Å². The van der Waals surface area contributed by atoms with Crippen LogP contribution in [0.2, 0.25) is 0 Å². The van der Waals surface area contributed by atoms with Gasteiger partial charge in [-0.15, -0.1) is 0 Å². The van der Waals surface area contributed by atoms with E-state index in [-0.39, 0.29) is 11.6 Å². The van der Waals surface area contributed by atoms with Crippen molar-refractivity contribution in [2.45, 2.75) is 0 Å². The molecule has 0 radical (unpaired) electrons. The number of pyridine rings is 1. The predicted molar refractivity (Wildman–Crippen MR) is 76.7 cm³/mol. The van der Waals surface area contributed by atoms with E-state index in [0.29, 0.717) is 0 Å². The third kappa shape index (κ3) is 1.56. The summed E-state index contributed by atoms with van der Waals surface area (Å²) in [5.74, 6) is -0.541. The lowest BCUT2D eigenvalue weighted by atomic mass is 10.0. The Balaban J connectivity index is 2.21. The van der Waals surface area contributed by atoms with Gasteiger partial charge in [0.15, 0.2) is 0 Å². The van der Waals surface area contributed by atoms with Crippen molar-refractivity contribution in [2.24, 2.45) is 0 Å². The lowest BCUT2D eigenvalue weighted by Crippen LogP contribution is -1.86. The highest BCUT2D eigenvalue weighted by atomic mass is 19.1. The monoisotopic (exact) mass is 265 g/mol. The summed E-state index contributed by atoms with van der Waals surface area (Å²) < 4.78 is 26.5. The van der Waals surface area contributed by atoms with Gasteiger partial charge in [-0.05, 0) is 41.1 Å². The molecule has 0 aliphatic rings. The molecule has 4 aromatic rings. The van der Waals surface area contributed by atoms with E-state index in [1.165, 1.54) is 24.3 Å². The van der Waals surface area contributed by atoms with Crippen LogP contribution in [0.1, 0.15) is 0 Å². The van der Waals surface area contributed by atoms with Crippen LogP contribution in [-0.2, 0) is 0 Å². The molecule has 0 amide bonds. The van der Waals surface area contributed by atoms with Crippen LogP contribution in [-0.4, -0.2) is 4.98 Å². The first-order valence-corrected chi connectivity index (χ1v) is 6.29. The number of nitrogens with zero attached hydrogens (tertiary/aromatic N) is 1. The zero-order valence-electron chi connectivity index (χ0n) is 10.4. The third-order valence-electron chi connectivity index (χ3n) is 3.59. The van der Waals surface area contributed by atoms with Gasteiger partial charge in [-0.25, -0.2) is 8.78 Å². The standard InChI is InChI=1S/C17H9F2N/c18-12-3-6-15-10(7-12)1-4-16-14-5-2-13(19)8-11(14)9-20-17(15)16/h1-9H. The minimum Gasteiger partial charge on any atom is -0.255 e. The molecule has 0 aliphatic heterocycles. The van der Waals surface area contributed by atoms with E-state index < -0.39 is 0 Å². The highest BCUT2D eigenvalue weighted by molar-refractivity contribution is 6.14. The Morgan fingerprint density at radius 1 is 0.650 bits per heavy atom. The summed E-state index contributed by atoms with van der Waals surface area (Å²) >= 11 is 0. The molecule has 3 aromatic carbocycles. The molecule has 0 spiro atoms. The van der Waals surface area contributed by atoms with Crippen molar-refractivity contribution in [3.8, 4) is 0 Å². The molecule has 1 heterocycles. The van der Waals surface area contributed by atoms with Gasteiger partial charge in [-0.2, -0.15) is 0 Å². The lowest BCUT2D eigenvalue weighted by Gasteiger charge is -2.06. The second-order valence-electron chi connectivity index (χ2n) is 4.82. The fourth-order valence-corrected chi connectivity index (χ4v) is 2.66. The minimum atomic E-state index is -0.276. The average Bonchev–Trinajstić information content (AvgIpc) is 2.45. The van der Waals surface area contributed by atoms with Gasteiger partial charge in [0.1, 0.15) is 11.6 Å². The molecule has 0 aliphatic carbocycles. The first-order chi connectivity index (χ1) is 9.72. The van der Waals surface area contributed by atoms with E-state index in [1.807, 2.05) is 12.1 Å². The van der Waals surface area contributed by atoms with E-state index in [9.17, 15) is 8.78 Å². The van der Waals surface area contributed by atoms with Crippen LogP contribution < -0.4 is 0 Å². The quantitative estimate of drug-likeness (QED) is 0.415. The number of fused-ring (bicyclic) bond motifs is 5. The van der Waals surface area contributed by atoms with Crippen LogP contribution in [0.5, 0.6) is 0 Å². The topological polar surface area (TPSA) is 12.9 Å². The molecule has 0 fully saturated rings. The second kappa shape index (κ2) is 3.97. The molecule has 0 unspecified atom stereocenters. The summed E-state index contributed by atoms with van der Waals surface area (Å²) in [7, 11) is 0. The van der Waals surface area contributed by atoms with Crippen molar-refractivity contribution in [3.05, 3.63) is 66.4 Å². The van der Waals surface area contributed by atoms with Crippen LogP contribution in [0.3, 0.4) is 0 Å². The molecule has 0 saturated heterocycles. The molecule has 0 atom stereocenters. The summed E-state index contributed by atoms with van der Waals surface area (Å²) in [6, 6.07) is 13.1. The predicted octanol–water partition coefficient (Wildman–Crippen LogP) is 4.82. The van der Waals surface area contributed by atoms with Crippen LogP contribution in [0.25, 0.3) is 32.4 Å². The van der Waals surface area contributed by atoms with Gasteiger partial charge in [-0.3, -0.25) is 4.98 Å². The Hall–Kier alpha value is -2.55. The molecule has 3 heteroatoms. The van der Waals surface area contributed by atoms with Crippen molar-refractivity contribution >= 4 is 32.4 Å². The van der Waals surface area contributed by atoms with Crippen molar-refractivity contribution in [2.75, 3.05) is 0 Å². The normalized spacial score (nSPS) is 11.5. The Morgan fingerprint density at radius 3 is 2.10 bits per heavy atom. The fourth-order valence-electron chi connectivity index (χ4n) is 2.66. The maximum absolute atomic E-state index is 13.3. The van der Waals surface area contributed by atoms with Crippen molar-refractivity contribution in [1.82, 2.24) is 4.98 Å². The van der Waals surface area contributed by atoms with Gasteiger partial charge in [-0.1, -0.05) is 18.2 Å². The Labute approximate surface area is 113 Å². The lowest BCUT2D eigenvalue weighted by molar-refractivity contribution is 0.629. The summed E-state index contributed by atoms with van der Waals surface area (Å²) in [6.45, 7) is 0. The van der Waals surface area contributed by atoms with Crippen molar-refractivity contribution < 1.29 is 8.78 Å². The van der Waals surface area contributed by atoms with Gasteiger partial charge in [0, 0.05) is 22.4 Å². The van der Waals surface area contributed by atoms with Crippen LogP contribution in [0.4, 0.5) is 8.78 Å². The molecule has 0 bridgehead atoms. The zero-order valence-corrected chi connectivity index (χ0v) is 10.4. The highest BCUT2D eigenvalue weighted by Gasteiger charge is 2.07. The molecule has 0 saturated carbocycles. The number of halogens is 2. The molecular formula is C17H9F2N. The summed E-state index contributed by atoms with van der Waals surface area (Å²) in [5, 5.41) is 4.37. The Kier molecular flexibility index (Phi) is 2.24. The van der Waals surface area contributed by atoms with Gasteiger partial charge in [0.2, 0.25) is 0 Å². The van der Waals surface area contributed by atoms with Crippen LogP contribution >= 0.6 is 0 Å². The molecule has 0 N–H and O–H groups in total. The van der Waals surface area contributed by atoms with Gasteiger partial charge in [0.05, 0.1) is 5.52 Å². The summed E-state index contributed by atoms with van der Waals surface area (Å²) in [5.41, 5.74) is 0.807. The van der Waals surface area contributed by atoms with Crippen LogP contribution in [0.15, 0.2) is 54.7 Å². The average molecular weight is 265 g/mol. The number of benzene rings is 3. The summed E-state index contributed by atoms with van der Waals surface area (Å²) in [6.07, 6.45) is 1.66. The molecular weight excluding hydrogens is 256 g/mol. The number of hydrogen-bond donors (Lipinski definition) is 0. The van der Waals surface area contributed by atoms with Crippen LogP contribution in [0, 0.1) is 11.6 Å². The maximum Gasteiger partial charge on any atom is 0.123 e. The summed E-state index contributed by atoms with van der Waals surface area (Å²) in [4.78, 5) is 4.42. The first kappa shape index (κ1) is 11.3. The maximum atomic E-state index is 13.3. The van der Waals surface area contributed by atoms with E-state index in [0.717, 1.165) is 32.4 Å². The van der Waals surface area contributed by atoms with E-state index in [2.05, 4.69) is 4.98 Å². The largest absolute Gasteiger partial charge is 0.255 e. The molecule has 1 nitrogen and oxygen atoms in total. The number of hydrogen-bond acceptors (Lipinski definition) is 1. The minimum absolute atomic E-state index is 0.264. The molecule has 1 aromatic heterocycles. The van der Waals surface area contributed by atoms with Gasteiger partial charge < -0.3 is 0 Å². The Morgan fingerprint density at radius 2 is 1.30 bits per heavy atom. The second-order valence-corrected chi connectivity index (χ2v) is 4.82. The number of rotatable bonds is 0. The smallest absolute Gasteiger partial charge is 0.123 e. The molecule has 96 valence electrons. The third-order valence-corrected chi connectivity index (χ3v) is 3.59. The SMILES string of the molecule is Fc1ccc2c(cnc3c4ccc(F)cc4ccc23)c1. The van der Waals surface area contributed by atoms with Crippen molar-refractivity contribution in [1.29, 1.82) is 0 Å². The Bertz CT molecular complexity index is 896. The molecule has 4 rings (SSSR count). The number of aromatic nitrogens is 1.